The molecule has 6 rings (SSSR count). The van der Waals surface area contributed by atoms with E-state index in [4.69, 9.17) is 25.8 Å². The topological polar surface area (TPSA) is 92.7 Å². The molecule has 32 heavy (non-hydrogen) atoms. The number of nitrogens with zero attached hydrogens (tertiary/aromatic N) is 3. The van der Waals surface area contributed by atoms with Gasteiger partial charge in [-0.2, -0.15) is 4.98 Å². The zero-order valence-electron chi connectivity index (χ0n) is 17.1. The average Bonchev–Trinajstić information content (AvgIpc) is 3.55. The Morgan fingerprint density at radius 2 is 1.97 bits per heavy atom. The number of hydrogen-bond acceptors (Lipinski definition) is 7. The van der Waals surface area contributed by atoms with Gasteiger partial charge in [-0.1, -0.05) is 23.7 Å². The number of benzene rings is 1. The Labute approximate surface area is 188 Å². The second-order valence-corrected chi connectivity index (χ2v) is 8.84. The van der Waals surface area contributed by atoms with Gasteiger partial charge in [-0.05, 0) is 24.6 Å². The first-order valence-electron chi connectivity index (χ1n) is 10.7. The van der Waals surface area contributed by atoms with Gasteiger partial charge >= 0.3 is 0 Å². The maximum Gasteiger partial charge on any atom is 0.296 e. The summed E-state index contributed by atoms with van der Waals surface area (Å²) >= 11 is 6.51. The molecule has 2 N–H and O–H groups in total. The van der Waals surface area contributed by atoms with Crippen molar-refractivity contribution in [3.63, 3.8) is 0 Å². The molecule has 3 aromatic rings. The van der Waals surface area contributed by atoms with Crippen molar-refractivity contribution in [1.82, 2.24) is 15.0 Å². The summed E-state index contributed by atoms with van der Waals surface area (Å²) in [6, 6.07) is 9.85. The Morgan fingerprint density at radius 3 is 2.75 bits per heavy atom. The smallest absolute Gasteiger partial charge is 0.296 e. The van der Waals surface area contributed by atoms with Gasteiger partial charge in [0.15, 0.2) is 11.8 Å². The van der Waals surface area contributed by atoms with Crippen LogP contribution in [0.25, 0.3) is 22.4 Å². The molecule has 0 radical (unpaired) electrons. The van der Waals surface area contributed by atoms with Crippen molar-refractivity contribution in [3.8, 4) is 17.3 Å². The zero-order valence-corrected chi connectivity index (χ0v) is 17.8. The van der Waals surface area contributed by atoms with Crippen LogP contribution in [0.5, 0.6) is 6.01 Å². The first-order chi connectivity index (χ1) is 15.5. The number of hydrogen-bond donors (Lipinski definition) is 2. The van der Waals surface area contributed by atoms with Crippen molar-refractivity contribution < 1.29 is 23.7 Å². The highest BCUT2D eigenvalue weighted by molar-refractivity contribution is 6.33. The average molecular weight is 461 g/mol. The number of aliphatic hydroxyl groups is 1. The zero-order chi connectivity index (χ0) is 21.8. The summed E-state index contributed by atoms with van der Waals surface area (Å²) in [7, 11) is 0. The van der Waals surface area contributed by atoms with E-state index in [0.717, 1.165) is 17.8 Å². The van der Waals surface area contributed by atoms with Crippen molar-refractivity contribution in [2.24, 2.45) is 0 Å². The summed E-state index contributed by atoms with van der Waals surface area (Å²) in [6.45, 7) is 1.70. The van der Waals surface area contributed by atoms with Gasteiger partial charge in [0.05, 0.1) is 29.4 Å². The highest BCUT2D eigenvalue weighted by Gasteiger charge is 2.48. The summed E-state index contributed by atoms with van der Waals surface area (Å²) in [5, 5.41) is 10.4. The molecule has 5 heterocycles. The lowest BCUT2D eigenvalue weighted by molar-refractivity contribution is 0.00706. The van der Waals surface area contributed by atoms with Crippen LogP contribution in [0.4, 0.5) is 10.1 Å². The Balaban J connectivity index is 1.23. The van der Waals surface area contributed by atoms with Crippen LogP contribution in [0.2, 0.25) is 5.02 Å². The largest absolute Gasteiger partial charge is 0.456 e. The van der Waals surface area contributed by atoms with E-state index in [2.05, 4.69) is 15.0 Å². The summed E-state index contributed by atoms with van der Waals surface area (Å²) in [5.74, 6) is 0. The number of aromatic amines is 1. The lowest BCUT2D eigenvalue weighted by Gasteiger charge is -2.17. The Bertz CT molecular complexity index is 1140. The number of pyridine rings is 1. The number of ether oxygens (including phenoxy) is 3. The van der Waals surface area contributed by atoms with Gasteiger partial charge in [-0.15, -0.1) is 0 Å². The number of aromatic nitrogens is 3. The molecule has 0 aliphatic carbocycles. The van der Waals surface area contributed by atoms with E-state index in [1.165, 1.54) is 0 Å². The predicted molar refractivity (Wildman–Crippen MR) is 116 cm³/mol. The first kappa shape index (κ1) is 20.2. The van der Waals surface area contributed by atoms with Crippen molar-refractivity contribution in [2.45, 2.75) is 37.0 Å². The van der Waals surface area contributed by atoms with Gasteiger partial charge in [-0.25, -0.2) is 9.37 Å². The van der Waals surface area contributed by atoms with E-state index in [0.29, 0.717) is 47.5 Å². The first-order valence-corrected chi connectivity index (χ1v) is 11.1. The van der Waals surface area contributed by atoms with Gasteiger partial charge in [0, 0.05) is 24.3 Å². The standard InChI is InChI=1S/C22H22ClFN4O4/c23-14-7-15-21(27-22(25-15)32-17-10-31-19-16(29)9-30-20(17)19)26-18(14)11-1-3-13(4-2-11)28-6-5-12(24)8-28/h1-4,7,12,16-17,19-20,29H,5-6,8-10H2,(H,25,26,27)/t12-,16-,17-,19?,20-/m1/s1. The SMILES string of the molecule is O[C@@H]1CO[C@H]2C1OC[C@H]2Oc1nc2nc(-c3ccc(N4CC[C@@H](F)C4)cc3)c(Cl)cc2[nH]1. The molecular weight excluding hydrogens is 439 g/mol. The third-order valence-electron chi connectivity index (χ3n) is 6.29. The van der Waals surface area contributed by atoms with E-state index < -0.39 is 12.3 Å². The van der Waals surface area contributed by atoms with Crippen LogP contribution in [0.3, 0.4) is 0 Å². The summed E-state index contributed by atoms with van der Waals surface area (Å²) < 4.78 is 30.6. The van der Waals surface area contributed by atoms with E-state index in [1.807, 2.05) is 29.2 Å². The number of fused-ring (bicyclic) bond motifs is 2. The van der Waals surface area contributed by atoms with Crippen molar-refractivity contribution in [3.05, 3.63) is 35.4 Å². The Morgan fingerprint density at radius 1 is 1.16 bits per heavy atom. The molecule has 3 fully saturated rings. The molecular formula is C22H22ClFN4O4. The molecule has 0 bridgehead atoms. The summed E-state index contributed by atoms with van der Waals surface area (Å²) in [4.78, 5) is 14.2. The highest BCUT2D eigenvalue weighted by Crippen LogP contribution is 2.33. The van der Waals surface area contributed by atoms with Crippen LogP contribution in [0.1, 0.15) is 6.42 Å². The molecule has 3 saturated heterocycles. The van der Waals surface area contributed by atoms with Crippen LogP contribution in [0.15, 0.2) is 30.3 Å². The molecule has 2 aromatic heterocycles. The third-order valence-corrected chi connectivity index (χ3v) is 6.57. The number of alkyl halides is 1. The predicted octanol–water partition coefficient (Wildman–Crippen LogP) is 2.73. The second kappa shape index (κ2) is 7.84. The van der Waals surface area contributed by atoms with E-state index in [9.17, 15) is 9.50 Å². The minimum Gasteiger partial charge on any atom is -0.456 e. The fourth-order valence-corrected chi connectivity index (χ4v) is 4.89. The number of halogens is 2. The van der Waals surface area contributed by atoms with E-state index in [-0.39, 0.29) is 24.9 Å². The van der Waals surface area contributed by atoms with Crippen molar-refractivity contribution in [1.29, 1.82) is 0 Å². The summed E-state index contributed by atoms with van der Waals surface area (Å²) in [6.07, 6.45) is -1.90. The molecule has 5 atom stereocenters. The van der Waals surface area contributed by atoms with Gasteiger partial charge in [0.2, 0.25) is 0 Å². The number of imidazole rings is 1. The minimum atomic E-state index is -0.767. The van der Waals surface area contributed by atoms with Gasteiger partial charge in [0.1, 0.15) is 24.5 Å². The fraction of sp³-hybridized carbons (Fsp3) is 0.455. The summed E-state index contributed by atoms with van der Waals surface area (Å²) in [5.41, 5.74) is 3.57. The lowest BCUT2D eigenvalue weighted by atomic mass is 10.1. The molecule has 8 nitrogen and oxygen atoms in total. The maximum absolute atomic E-state index is 13.5. The van der Waals surface area contributed by atoms with Crippen LogP contribution in [0, 0.1) is 0 Å². The second-order valence-electron chi connectivity index (χ2n) is 8.43. The normalized spacial score (nSPS) is 29.7. The van der Waals surface area contributed by atoms with Crippen molar-refractivity contribution in [2.75, 3.05) is 31.2 Å². The molecule has 3 aliphatic rings. The lowest BCUT2D eigenvalue weighted by Crippen LogP contribution is -2.34. The van der Waals surface area contributed by atoms with Gasteiger partial charge in [0.25, 0.3) is 6.01 Å². The molecule has 168 valence electrons. The van der Waals surface area contributed by atoms with E-state index in [1.54, 1.807) is 6.07 Å². The maximum atomic E-state index is 13.5. The molecule has 0 amide bonds. The molecule has 0 saturated carbocycles. The number of anilines is 1. The number of aliphatic hydroxyl groups excluding tert-OH is 1. The highest BCUT2D eigenvalue weighted by atomic mass is 35.5. The molecule has 1 unspecified atom stereocenters. The number of H-pyrrole nitrogens is 1. The molecule has 3 aliphatic heterocycles. The van der Waals surface area contributed by atoms with Crippen LogP contribution in [-0.4, -0.2) is 76.9 Å². The molecule has 10 heteroatoms. The van der Waals surface area contributed by atoms with Crippen LogP contribution >= 0.6 is 11.6 Å². The third kappa shape index (κ3) is 3.49. The van der Waals surface area contributed by atoms with Gasteiger partial charge in [-0.3, -0.25) is 0 Å². The number of nitrogens with one attached hydrogen (secondary N) is 1. The van der Waals surface area contributed by atoms with Gasteiger partial charge < -0.3 is 29.2 Å². The molecule has 1 aromatic carbocycles. The Kier molecular flexibility index (Phi) is 4.94. The van der Waals surface area contributed by atoms with Crippen LogP contribution < -0.4 is 9.64 Å². The fourth-order valence-electron chi connectivity index (χ4n) is 4.62. The number of rotatable bonds is 4. The molecule has 0 spiro atoms. The van der Waals surface area contributed by atoms with E-state index >= 15 is 0 Å². The van der Waals surface area contributed by atoms with Crippen molar-refractivity contribution >= 4 is 28.5 Å². The quantitative estimate of drug-likeness (QED) is 0.618. The Hall–Kier alpha value is -2.46. The monoisotopic (exact) mass is 460 g/mol. The minimum absolute atomic E-state index is 0.237. The van der Waals surface area contributed by atoms with Crippen LogP contribution in [-0.2, 0) is 9.47 Å².